The minimum atomic E-state index is -0.106. The first kappa shape index (κ1) is 15.2. The van der Waals surface area contributed by atoms with E-state index in [9.17, 15) is 4.79 Å². The van der Waals surface area contributed by atoms with Gasteiger partial charge >= 0.3 is 0 Å². The summed E-state index contributed by atoms with van der Waals surface area (Å²) in [5.74, 6) is 0.465. The zero-order chi connectivity index (χ0) is 16.1. The van der Waals surface area contributed by atoms with E-state index in [0.717, 1.165) is 17.0 Å². The summed E-state index contributed by atoms with van der Waals surface area (Å²) >= 11 is 1.63. The predicted octanol–water partition coefficient (Wildman–Crippen LogP) is 4.71. The average molecular weight is 321 g/mol. The summed E-state index contributed by atoms with van der Waals surface area (Å²) in [4.78, 5) is 16.9. The van der Waals surface area contributed by atoms with Crippen molar-refractivity contribution in [1.29, 1.82) is 0 Å². The summed E-state index contributed by atoms with van der Waals surface area (Å²) in [6.07, 6.45) is 3.25. The van der Waals surface area contributed by atoms with E-state index in [1.54, 1.807) is 36.7 Å². The first-order valence-electron chi connectivity index (χ1n) is 7.13. The van der Waals surface area contributed by atoms with Gasteiger partial charge in [0, 0.05) is 10.9 Å². The highest BCUT2D eigenvalue weighted by atomic mass is 32.1. The van der Waals surface area contributed by atoms with Crippen LogP contribution in [0.25, 0.3) is 17.3 Å². The lowest BCUT2D eigenvalue weighted by atomic mass is 10.1. The monoisotopic (exact) mass is 321 g/mol. The van der Waals surface area contributed by atoms with Gasteiger partial charge in [-0.25, -0.2) is 4.98 Å². The maximum atomic E-state index is 12.3. The molecule has 0 atom stereocenters. The Kier molecular flexibility index (Phi) is 4.64. The minimum absolute atomic E-state index is 0.106. The van der Waals surface area contributed by atoms with Gasteiger partial charge in [-0.1, -0.05) is 18.2 Å². The fourth-order valence-electron chi connectivity index (χ4n) is 2.21. The van der Waals surface area contributed by atoms with E-state index in [4.69, 9.17) is 4.74 Å². The van der Waals surface area contributed by atoms with Gasteiger partial charge in [-0.3, -0.25) is 4.79 Å². The number of para-hydroxylation sites is 1. The molecule has 2 heterocycles. The molecule has 0 aliphatic rings. The third-order valence-electron chi connectivity index (χ3n) is 3.37. The molecule has 0 spiro atoms. The average Bonchev–Trinajstić information content (AvgIpc) is 3.14. The second kappa shape index (κ2) is 7.03. The number of hydrogen-bond donors (Lipinski definition) is 0. The number of ether oxygens (including phenoxy) is 1. The number of pyridine rings is 1. The molecule has 0 aliphatic heterocycles. The van der Waals surface area contributed by atoms with Crippen molar-refractivity contribution in [3.8, 4) is 17.0 Å². The van der Waals surface area contributed by atoms with Crippen LogP contribution in [0.4, 0.5) is 0 Å². The maximum absolute atomic E-state index is 12.3. The van der Waals surface area contributed by atoms with Gasteiger partial charge in [-0.15, -0.1) is 0 Å². The number of allylic oxidation sites excluding steroid dienone is 1. The van der Waals surface area contributed by atoms with Crippen LogP contribution in [0.1, 0.15) is 16.1 Å². The Hall–Kier alpha value is -2.72. The Morgan fingerprint density at radius 3 is 2.78 bits per heavy atom. The molecule has 0 aliphatic carbocycles. The van der Waals surface area contributed by atoms with Crippen LogP contribution in [0.3, 0.4) is 0 Å². The van der Waals surface area contributed by atoms with Crippen LogP contribution in [-0.2, 0) is 0 Å². The van der Waals surface area contributed by atoms with Gasteiger partial charge in [-0.2, -0.15) is 11.3 Å². The third kappa shape index (κ3) is 3.55. The van der Waals surface area contributed by atoms with Crippen molar-refractivity contribution in [2.24, 2.45) is 0 Å². The molecule has 0 amide bonds. The van der Waals surface area contributed by atoms with Crippen LogP contribution < -0.4 is 4.74 Å². The molecule has 0 saturated carbocycles. The van der Waals surface area contributed by atoms with Gasteiger partial charge in [0.05, 0.1) is 24.1 Å². The van der Waals surface area contributed by atoms with Gasteiger partial charge in [-0.05, 0) is 47.9 Å². The summed E-state index contributed by atoms with van der Waals surface area (Å²) in [5.41, 5.74) is 3.27. The molecule has 4 heteroatoms. The molecule has 0 unspecified atom stereocenters. The largest absolute Gasteiger partial charge is 0.496 e. The van der Waals surface area contributed by atoms with E-state index in [0.29, 0.717) is 11.3 Å². The highest BCUT2D eigenvalue weighted by Crippen LogP contribution is 2.21. The zero-order valence-electron chi connectivity index (χ0n) is 12.6. The number of ketones is 1. The number of nitrogens with zero attached hydrogens (tertiary/aromatic N) is 1. The van der Waals surface area contributed by atoms with Crippen molar-refractivity contribution in [2.75, 3.05) is 7.11 Å². The topological polar surface area (TPSA) is 39.2 Å². The number of hydrogen-bond acceptors (Lipinski definition) is 4. The number of methoxy groups -OCH3 is 1. The smallest absolute Gasteiger partial charge is 0.189 e. The quantitative estimate of drug-likeness (QED) is 0.504. The Morgan fingerprint density at radius 2 is 2.00 bits per heavy atom. The lowest BCUT2D eigenvalue weighted by molar-refractivity contribution is 0.104. The van der Waals surface area contributed by atoms with Crippen molar-refractivity contribution in [2.45, 2.75) is 0 Å². The zero-order valence-corrected chi connectivity index (χ0v) is 13.4. The van der Waals surface area contributed by atoms with Crippen LogP contribution in [0.5, 0.6) is 5.75 Å². The molecule has 0 saturated heterocycles. The summed E-state index contributed by atoms with van der Waals surface area (Å²) in [6, 6.07) is 15.0. The molecule has 0 radical (unpaired) electrons. The molecule has 23 heavy (non-hydrogen) atoms. The number of carbonyl (C=O) groups is 1. The van der Waals surface area contributed by atoms with E-state index in [1.165, 1.54) is 6.08 Å². The second-order valence-electron chi connectivity index (χ2n) is 4.86. The van der Waals surface area contributed by atoms with E-state index in [1.807, 2.05) is 41.8 Å². The van der Waals surface area contributed by atoms with Gasteiger partial charge in [0.25, 0.3) is 0 Å². The van der Waals surface area contributed by atoms with Crippen LogP contribution in [0, 0.1) is 0 Å². The van der Waals surface area contributed by atoms with Crippen molar-refractivity contribution in [1.82, 2.24) is 4.98 Å². The maximum Gasteiger partial charge on any atom is 0.189 e. The summed E-state index contributed by atoms with van der Waals surface area (Å²) in [6.45, 7) is 0. The van der Waals surface area contributed by atoms with Crippen LogP contribution >= 0.6 is 11.3 Å². The van der Waals surface area contributed by atoms with Crippen molar-refractivity contribution in [3.63, 3.8) is 0 Å². The number of carbonyl (C=O) groups excluding carboxylic acids is 1. The van der Waals surface area contributed by atoms with Gasteiger partial charge in [0.2, 0.25) is 0 Å². The molecular weight excluding hydrogens is 306 g/mol. The summed E-state index contributed by atoms with van der Waals surface area (Å²) in [7, 11) is 1.56. The predicted molar refractivity (Wildman–Crippen MR) is 93.9 cm³/mol. The Morgan fingerprint density at radius 1 is 1.13 bits per heavy atom. The molecule has 114 valence electrons. The molecule has 2 aromatic heterocycles. The van der Waals surface area contributed by atoms with Gasteiger partial charge in [0.1, 0.15) is 5.75 Å². The molecule has 0 bridgehead atoms. The van der Waals surface area contributed by atoms with Crippen molar-refractivity contribution in [3.05, 3.63) is 76.6 Å². The highest BCUT2D eigenvalue weighted by molar-refractivity contribution is 7.08. The number of benzene rings is 1. The Balaban J connectivity index is 1.83. The Labute approximate surface area is 138 Å². The van der Waals surface area contributed by atoms with Crippen LogP contribution in [-0.4, -0.2) is 17.9 Å². The number of thiophene rings is 1. The summed E-state index contributed by atoms with van der Waals surface area (Å²) < 4.78 is 5.22. The first-order chi connectivity index (χ1) is 11.3. The molecule has 3 rings (SSSR count). The standard InChI is InChI=1S/C19H15NO2S/c1-22-19-8-3-2-6-16(19)18(21)10-9-15-5-4-7-17(20-15)14-11-12-23-13-14/h2-13H,1H3/b10-9+. The first-order valence-corrected chi connectivity index (χ1v) is 8.07. The van der Waals surface area contributed by atoms with Crippen molar-refractivity contribution < 1.29 is 9.53 Å². The highest BCUT2D eigenvalue weighted by Gasteiger charge is 2.08. The van der Waals surface area contributed by atoms with Gasteiger partial charge < -0.3 is 4.74 Å². The third-order valence-corrected chi connectivity index (χ3v) is 4.05. The minimum Gasteiger partial charge on any atom is -0.496 e. The van der Waals surface area contributed by atoms with Crippen LogP contribution in [0.15, 0.2) is 65.4 Å². The lowest BCUT2D eigenvalue weighted by Crippen LogP contribution is -1.98. The SMILES string of the molecule is COc1ccccc1C(=O)/C=C/c1cccc(-c2ccsc2)n1. The van der Waals surface area contributed by atoms with E-state index in [2.05, 4.69) is 10.4 Å². The molecular formula is C19H15NO2S. The fourth-order valence-corrected chi connectivity index (χ4v) is 2.86. The molecule has 0 N–H and O–H groups in total. The number of rotatable bonds is 5. The Bertz CT molecular complexity index is 838. The lowest BCUT2D eigenvalue weighted by Gasteiger charge is -2.04. The van der Waals surface area contributed by atoms with E-state index < -0.39 is 0 Å². The second-order valence-corrected chi connectivity index (χ2v) is 5.64. The van der Waals surface area contributed by atoms with E-state index >= 15 is 0 Å². The molecule has 1 aromatic carbocycles. The molecule has 3 nitrogen and oxygen atoms in total. The molecule has 3 aromatic rings. The van der Waals surface area contributed by atoms with Crippen molar-refractivity contribution >= 4 is 23.2 Å². The fraction of sp³-hybridized carbons (Fsp3) is 0.0526. The number of aromatic nitrogens is 1. The summed E-state index contributed by atoms with van der Waals surface area (Å²) in [5, 5.41) is 4.07. The van der Waals surface area contributed by atoms with E-state index in [-0.39, 0.29) is 5.78 Å². The molecule has 0 fully saturated rings. The van der Waals surface area contributed by atoms with Gasteiger partial charge in [0.15, 0.2) is 5.78 Å². The van der Waals surface area contributed by atoms with Crippen LogP contribution in [0.2, 0.25) is 0 Å². The normalized spacial score (nSPS) is 10.8.